The molecule has 1 aromatic heterocycles. The standard InChI is InChI=1S/C31H47N5O4S/c1-4-28(37)33-25(19-30-34-24-11-10-23(21(2)3)18-27(24)41-30)31(39)35-26(22-8-6-5-7-9-22)20-32-29(38)12-13-36-14-16-40-17-15-36/h10-11,18,21-22,25-26H,4-9,12-17,19-20H2,1-3H3,(H,32,38)(H,33,37)(H,35,39)/t25-,26-/m0/s1. The molecule has 1 saturated heterocycles. The molecule has 0 bridgehead atoms. The van der Waals surface area contributed by atoms with Crippen LogP contribution in [0.15, 0.2) is 18.2 Å². The maximum absolute atomic E-state index is 13.7. The van der Waals surface area contributed by atoms with Crippen LogP contribution in [0.4, 0.5) is 0 Å². The van der Waals surface area contributed by atoms with E-state index in [4.69, 9.17) is 9.72 Å². The van der Waals surface area contributed by atoms with E-state index in [0.717, 1.165) is 54.0 Å². The van der Waals surface area contributed by atoms with Gasteiger partial charge in [-0.1, -0.05) is 46.1 Å². The summed E-state index contributed by atoms with van der Waals surface area (Å²) in [5.74, 6) is 0.333. The van der Waals surface area contributed by atoms with Gasteiger partial charge in [-0.15, -0.1) is 11.3 Å². The van der Waals surface area contributed by atoms with Crippen LogP contribution in [0.2, 0.25) is 0 Å². The molecule has 226 valence electrons. The zero-order valence-electron chi connectivity index (χ0n) is 24.9. The van der Waals surface area contributed by atoms with E-state index >= 15 is 0 Å². The summed E-state index contributed by atoms with van der Waals surface area (Å²) in [4.78, 5) is 45.9. The molecule has 0 radical (unpaired) electrons. The molecule has 1 aliphatic carbocycles. The van der Waals surface area contributed by atoms with E-state index < -0.39 is 6.04 Å². The van der Waals surface area contributed by atoms with Gasteiger partial charge in [0.1, 0.15) is 6.04 Å². The lowest BCUT2D eigenvalue weighted by molar-refractivity contribution is -0.129. The highest BCUT2D eigenvalue weighted by Crippen LogP contribution is 2.28. The fourth-order valence-electron chi connectivity index (χ4n) is 5.67. The maximum Gasteiger partial charge on any atom is 0.243 e. The minimum atomic E-state index is -0.726. The minimum Gasteiger partial charge on any atom is -0.379 e. The second-order valence-electron chi connectivity index (χ2n) is 11.7. The van der Waals surface area contributed by atoms with Gasteiger partial charge in [-0.3, -0.25) is 19.3 Å². The predicted octanol–water partition coefficient (Wildman–Crippen LogP) is 3.76. The summed E-state index contributed by atoms with van der Waals surface area (Å²) in [7, 11) is 0. The molecule has 1 saturated carbocycles. The Balaban J connectivity index is 1.41. The summed E-state index contributed by atoms with van der Waals surface area (Å²) in [6.07, 6.45) is 6.56. The fourth-order valence-corrected chi connectivity index (χ4v) is 6.73. The molecule has 0 unspecified atom stereocenters. The first-order valence-corrected chi connectivity index (χ1v) is 16.2. The Morgan fingerprint density at radius 1 is 1.07 bits per heavy atom. The third-order valence-electron chi connectivity index (χ3n) is 8.30. The highest BCUT2D eigenvalue weighted by atomic mass is 32.1. The Bertz CT molecular complexity index is 1160. The molecular formula is C31H47N5O4S. The van der Waals surface area contributed by atoms with Gasteiger partial charge in [0.05, 0.1) is 28.4 Å². The number of aromatic nitrogens is 1. The predicted molar refractivity (Wildman–Crippen MR) is 163 cm³/mol. The van der Waals surface area contributed by atoms with Gasteiger partial charge < -0.3 is 20.7 Å². The lowest BCUT2D eigenvalue weighted by atomic mass is 9.83. The van der Waals surface area contributed by atoms with Crippen LogP contribution >= 0.6 is 11.3 Å². The van der Waals surface area contributed by atoms with Crippen LogP contribution in [-0.2, 0) is 25.5 Å². The van der Waals surface area contributed by atoms with Gasteiger partial charge in [-0.2, -0.15) is 0 Å². The third kappa shape index (κ3) is 9.48. The SMILES string of the molecule is CCC(=O)N[C@@H](Cc1nc2ccc(C(C)C)cc2s1)C(=O)N[C@@H](CNC(=O)CCN1CCOCC1)C1CCCCC1. The molecule has 1 aliphatic heterocycles. The Hall–Kier alpha value is -2.56. The molecule has 4 rings (SSSR count). The van der Waals surface area contributed by atoms with Gasteiger partial charge in [0.25, 0.3) is 0 Å². The number of carbonyl (C=O) groups excluding carboxylic acids is 3. The van der Waals surface area contributed by atoms with Crippen molar-refractivity contribution in [1.29, 1.82) is 0 Å². The number of nitrogens with zero attached hydrogens (tertiary/aromatic N) is 2. The van der Waals surface area contributed by atoms with Crippen LogP contribution in [0, 0.1) is 5.92 Å². The molecular weight excluding hydrogens is 538 g/mol. The summed E-state index contributed by atoms with van der Waals surface area (Å²) < 4.78 is 6.48. The molecule has 2 heterocycles. The molecule has 0 spiro atoms. The molecule has 10 heteroatoms. The fraction of sp³-hybridized carbons (Fsp3) is 0.677. The molecule has 3 N–H and O–H groups in total. The highest BCUT2D eigenvalue weighted by Gasteiger charge is 2.30. The van der Waals surface area contributed by atoms with Crippen molar-refractivity contribution in [3.63, 3.8) is 0 Å². The van der Waals surface area contributed by atoms with Gasteiger partial charge in [0, 0.05) is 51.5 Å². The second-order valence-corrected chi connectivity index (χ2v) is 12.8. The van der Waals surface area contributed by atoms with Crippen LogP contribution in [-0.4, -0.2) is 79.1 Å². The van der Waals surface area contributed by atoms with Crippen molar-refractivity contribution in [2.24, 2.45) is 5.92 Å². The summed E-state index contributed by atoms with van der Waals surface area (Å²) >= 11 is 1.58. The maximum atomic E-state index is 13.7. The summed E-state index contributed by atoms with van der Waals surface area (Å²) in [5, 5.41) is 10.1. The van der Waals surface area contributed by atoms with Crippen molar-refractivity contribution in [3.05, 3.63) is 28.8 Å². The number of carbonyl (C=O) groups is 3. The number of hydrogen-bond donors (Lipinski definition) is 3. The molecule has 9 nitrogen and oxygen atoms in total. The van der Waals surface area contributed by atoms with E-state index in [1.807, 2.05) is 6.07 Å². The van der Waals surface area contributed by atoms with E-state index in [1.54, 1.807) is 18.3 Å². The van der Waals surface area contributed by atoms with Gasteiger partial charge in [0.15, 0.2) is 0 Å². The number of rotatable bonds is 13. The van der Waals surface area contributed by atoms with E-state index in [2.05, 4.69) is 46.8 Å². The average Bonchev–Trinajstić information content (AvgIpc) is 3.40. The first-order chi connectivity index (χ1) is 19.8. The molecule has 3 amide bonds. The highest BCUT2D eigenvalue weighted by molar-refractivity contribution is 7.18. The number of morpholine rings is 1. The van der Waals surface area contributed by atoms with Crippen molar-refractivity contribution in [2.45, 2.75) is 90.1 Å². The van der Waals surface area contributed by atoms with Gasteiger partial charge >= 0.3 is 0 Å². The van der Waals surface area contributed by atoms with Crippen molar-refractivity contribution >= 4 is 39.3 Å². The number of fused-ring (bicyclic) bond motifs is 1. The Morgan fingerprint density at radius 2 is 1.83 bits per heavy atom. The van der Waals surface area contributed by atoms with Gasteiger partial charge in [-0.25, -0.2) is 4.98 Å². The molecule has 41 heavy (non-hydrogen) atoms. The van der Waals surface area contributed by atoms with E-state index in [1.165, 1.54) is 12.0 Å². The van der Waals surface area contributed by atoms with Crippen LogP contribution < -0.4 is 16.0 Å². The lowest BCUT2D eigenvalue weighted by Gasteiger charge is -2.32. The van der Waals surface area contributed by atoms with Crippen molar-refractivity contribution in [3.8, 4) is 0 Å². The minimum absolute atomic E-state index is 0.00220. The number of thiazole rings is 1. The zero-order valence-corrected chi connectivity index (χ0v) is 25.7. The molecule has 1 aromatic carbocycles. The Labute approximate surface area is 248 Å². The quantitative estimate of drug-likeness (QED) is 0.330. The van der Waals surface area contributed by atoms with E-state index in [0.29, 0.717) is 57.4 Å². The van der Waals surface area contributed by atoms with E-state index in [-0.39, 0.29) is 23.8 Å². The first kappa shape index (κ1) is 31.4. The molecule has 2 atom stereocenters. The van der Waals surface area contributed by atoms with Gasteiger partial charge in [0.2, 0.25) is 17.7 Å². The average molecular weight is 586 g/mol. The summed E-state index contributed by atoms with van der Waals surface area (Å²) in [6.45, 7) is 10.4. The van der Waals surface area contributed by atoms with Crippen LogP contribution in [0.1, 0.15) is 82.2 Å². The Morgan fingerprint density at radius 3 is 2.54 bits per heavy atom. The largest absolute Gasteiger partial charge is 0.379 e. The molecule has 2 aromatic rings. The normalized spacial score (nSPS) is 18.2. The number of amides is 3. The Kier molecular flexibility index (Phi) is 11.9. The first-order valence-electron chi connectivity index (χ1n) is 15.4. The number of benzene rings is 1. The monoisotopic (exact) mass is 585 g/mol. The van der Waals surface area contributed by atoms with Crippen LogP contribution in [0.3, 0.4) is 0 Å². The molecule has 2 fully saturated rings. The third-order valence-corrected chi connectivity index (χ3v) is 9.34. The number of ether oxygens (including phenoxy) is 1. The van der Waals surface area contributed by atoms with Crippen molar-refractivity contribution in [1.82, 2.24) is 25.8 Å². The summed E-state index contributed by atoms with van der Waals surface area (Å²) in [6, 6.07) is 5.40. The molecule has 2 aliphatic rings. The topological polar surface area (TPSA) is 113 Å². The number of hydrogen-bond acceptors (Lipinski definition) is 7. The van der Waals surface area contributed by atoms with E-state index in [9.17, 15) is 14.4 Å². The smallest absolute Gasteiger partial charge is 0.243 e. The van der Waals surface area contributed by atoms with Gasteiger partial charge in [-0.05, 0) is 42.4 Å². The second kappa shape index (κ2) is 15.6. The number of nitrogens with one attached hydrogen (secondary N) is 3. The van der Waals surface area contributed by atoms with Crippen LogP contribution in [0.5, 0.6) is 0 Å². The zero-order chi connectivity index (χ0) is 29.2. The van der Waals surface area contributed by atoms with Crippen LogP contribution in [0.25, 0.3) is 10.2 Å². The lowest BCUT2D eigenvalue weighted by Crippen LogP contribution is -2.55. The summed E-state index contributed by atoms with van der Waals surface area (Å²) in [5.41, 5.74) is 2.17. The van der Waals surface area contributed by atoms with Crippen molar-refractivity contribution < 1.29 is 19.1 Å². The van der Waals surface area contributed by atoms with Crippen molar-refractivity contribution in [2.75, 3.05) is 39.4 Å².